The predicted octanol–water partition coefficient (Wildman–Crippen LogP) is 3.41. The molecule has 2 aromatic rings. The van der Waals surface area contributed by atoms with Gasteiger partial charge in [0.05, 0.1) is 19.3 Å². The molecule has 114 valence electrons. The van der Waals surface area contributed by atoms with Crippen LogP contribution in [0.25, 0.3) is 0 Å². The van der Waals surface area contributed by atoms with Crippen molar-refractivity contribution in [1.82, 2.24) is 5.43 Å². The highest BCUT2D eigenvalue weighted by Gasteiger charge is 2.17. The summed E-state index contributed by atoms with van der Waals surface area (Å²) in [6.45, 7) is 7.22. The zero-order valence-electron chi connectivity index (χ0n) is 12.7. The summed E-state index contributed by atoms with van der Waals surface area (Å²) in [5, 5.41) is 0. The molecule has 0 aliphatic carbocycles. The molecule has 5 heteroatoms. The molecular weight excluding hydrogens is 284 g/mol. The zero-order chi connectivity index (χ0) is 15.2. The molecule has 0 saturated heterocycles. The highest BCUT2D eigenvalue weighted by molar-refractivity contribution is 7.12. The molecule has 1 heterocycles. The van der Waals surface area contributed by atoms with Crippen molar-refractivity contribution in [3.05, 3.63) is 45.6 Å². The van der Waals surface area contributed by atoms with Gasteiger partial charge in [-0.15, -0.1) is 11.3 Å². The van der Waals surface area contributed by atoms with Gasteiger partial charge in [0.1, 0.15) is 0 Å². The van der Waals surface area contributed by atoms with E-state index in [4.69, 9.17) is 15.3 Å². The number of hydrogen-bond acceptors (Lipinski definition) is 5. The summed E-state index contributed by atoms with van der Waals surface area (Å²) in [5.41, 5.74) is 3.94. The molecule has 0 aliphatic heterocycles. The Morgan fingerprint density at radius 3 is 2.38 bits per heavy atom. The predicted molar refractivity (Wildman–Crippen MR) is 87.0 cm³/mol. The first-order valence-corrected chi connectivity index (χ1v) is 7.93. The van der Waals surface area contributed by atoms with Gasteiger partial charge in [-0.25, -0.2) is 5.43 Å². The molecule has 0 fully saturated rings. The fourth-order valence-corrected chi connectivity index (χ4v) is 3.16. The van der Waals surface area contributed by atoms with Crippen LogP contribution in [-0.4, -0.2) is 13.2 Å². The second kappa shape index (κ2) is 7.45. The number of ether oxygens (including phenoxy) is 2. The van der Waals surface area contributed by atoms with Gasteiger partial charge in [-0.2, -0.15) is 0 Å². The lowest BCUT2D eigenvalue weighted by Crippen LogP contribution is -2.28. The van der Waals surface area contributed by atoms with Gasteiger partial charge >= 0.3 is 0 Å². The monoisotopic (exact) mass is 306 g/mol. The Morgan fingerprint density at radius 2 is 1.81 bits per heavy atom. The van der Waals surface area contributed by atoms with Crippen molar-refractivity contribution >= 4 is 11.3 Å². The van der Waals surface area contributed by atoms with Gasteiger partial charge in [0, 0.05) is 9.75 Å². The smallest absolute Gasteiger partial charge is 0.161 e. The van der Waals surface area contributed by atoms with Crippen LogP contribution in [0.15, 0.2) is 30.3 Å². The molecule has 2 rings (SSSR count). The molecule has 3 N–H and O–H groups in total. The van der Waals surface area contributed by atoms with Gasteiger partial charge in [-0.1, -0.05) is 6.07 Å². The standard InChI is InChI=1S/C16H22N2O2S/c1-4-19-13-8-7-12(10-14(13)20-5-2)16(18-17)15-9-6-11(3)21-15/h6-10,16,18H,4-5,17H2,1-3H3. The Hall–Kier alpha value is -1.56. The van der Waals surface area contributed by atoms with Crippen LogP contribution in [0.3, 0.4) is 0 Å². The fourth-order valence-electron chi connectivity index (χ4n) is 2.20. The quantitative estimate of drug-likeness (QED) is 0.608. The maximum absolute atomic E-state index is 5.75. The van der Waals surface area contributed by atoms with E-state index in [0.29, 0.717) is 13.2 Å². The molecule has 21 heavy (non-hydrogen) atoms. The van der Waals surface area contributed by atoms with Crippen LogP contribution in [0, 0.1) is 6.92 Å². The van der Waals surface area contributed by atoms with E-state index in [1.165, 1.54) is 9.75 Å². The summed E-state index contributed by atoms with van der Waals surface area (Å²) in [7, 11) is 0. The number of aryl methyl sites for hydroxylation is 1. The third-order valence-electron chi connectivity index (χ3n) is 3.11. The van der Waals surface area contributed by atoms with E-state index in [9.17, 15) is 0 Å². The first-order valence-electron chi connectivity index (χ1n) is 7.11. The van der Waals surface area contributed by atoms with Crippen LogP contribution in [0.1, 0.15) is 35.2 Å². The van der Waals surface area contributed by atoms with Gasteiger partial charge in [-0.05, 0) is 50.6 Å². The van der Waals surface area contributed by atoms with Crippen LogP contribution in [0.4, 0.5) is 0 Å². The van der Waals surface area contributed by atoms with Crippen LogP contribution in [0.2, 0.25) is 0 Å². The molecule has 0 radical (unpaired) electrons. The average molecular weight is 306 g/mol. The number of hydrazine groups is 1. The van der Waals surface area contributed by atoms with Crippen LogP contribution in [-0.2, 0) is 0 Å². The lowest BCUT2D eigenvalue weighted by Gasteiger charge is -2.18. The van der Waals surface area contributed by atoms with E-state index in [2.05, 4.69) is 24.5 Å². The third-order valence-corrected chi connectivity index (χ3v) is 4.18. The van der Waals surface area contributed by atoms with Gasteiger partial charge in [0.25, 0.3) is 0 Å². The summed E-state index contributed by atoms with van der Waals surface area (Å²) in [5.74, 6) is 7.27. The minimum Gasteiger partial charge on any atom is -0.490 e. The molecule has 1 unspecified atom stereocenters. The van der Waals surface area contributed by atoms with E-state index >= 15 is 0 Å². The lowest BCUT2D eigenvalue weighted by molar-refractivity contribution is 0.287. The molecule has 1 aromatic heterocycles. The number of hydrogen-bond donors (Lipinski definition) is 2. The fraction of sp³-hybridized carbons (Fsp3) is 0.375. The van der Waals surface area contributed by atoms with Gasteiger partial charge in [-0.3, -0.25) is 5.84 Å². The van der Waals surface area contributed by atoms with Gasteiger partial charge in [0.2, 0.25) is 0 Å². The normalized spacial score (nSPS) is 12.2. The maximum Gasteiger partial charge on any atom is 0.161 e. The summed E-state index contributed by atoms with van der Waals surface area (Å²) in [6, 6.07) is 10.1. The maximum atomic E-state index is 5.75. The summed E-state index contributed by atoms with van der Waals surface area (Å²) in [4.78, 5) is 2.45. The number of nitrogens with one attached hydrogen (secondary N) is 1. The molecule has 0 bridgehead atoms. The minimum absolute atomic E-state index is 0.0430. The van der Waals surface area contributed by atoms with E-state index in [0.717, 1.165) is 17.1 Å². The van der Waals surface area contributed by atoms with Gasteiger partial charge < -0.3 is 9.47 Å². The Kier molecular flexibility index (Phi) is 5.61. The number of benzene rings is 1. The first kappa shape index (κ1) is 15.8. The first-order chi connectivity index (χ1) is 10.2. The minimum atomic E-state index is -0.0430. The highest BCUT2D eigenvalue weighted by Crippen LogP contribution is 2.34. The molecular formula is C16H22N2O2S. The summed E-state index contributed by atoms with van der Waals surface area (Å²) < 4.78 is 11.3. The van der Waals surface area contributed by atoms with Crippen molar-refractivity contribution in [2.75, 3.05) is 13.2 Å². The van der Waals surface area contributed by atoms with E-state index < -0.39 is 0 Å². The van der Waals surface area contributed by atoms with Crippen molar-refractivity contribution in [3.8, 4) is 11.5 Å². The van der Waals surface area contributed by atoms with Gasteiger partial charge in [0.15, 0.2) is 11.5 Å². The second-order valence-corrected chi connectivity index (χ2v) is 5.94. The topological polar surface area (TPSA) is 56.5 Å². The Bertz CT molecular complexity index is 583. The van der Waals surface area contributed by atoms with Crippen molar-refractivity contribution in [3.63, 3.8) is 0 Å². The Labute approximate surface area is 129 Å². The molecule has 0 spiro atoms. The van der Waals surface area contributed by atoms with Crippen molar-refractivity contribution in [2.45, 2.75) is 26.8 Å². The van der Waals surface area contributed by atoms with Crippen LogP contribution >= 0.6 is 11.3 Å². The highest BCUT2D eigenvalue weighted by atomic mass is 32.1. The Balaban J connectivity index is 2.35. The second-order valence-electron chi connectivity index (χ2n) is 4.62. The van der Waals surface area contributed by atoms with E-state index in [-0.39, 0.29) is 6.04 Å². The molecule has 0 amide bonds. The number of rotatable bonds is 7. The van der Waals surface area contributed by atoms with Crippen LogP contribution < -0.4 is 20.7 Å². The molecule has 0 saturated carbocycles. The largest absolute Gasteiger partial charge is 0.490 e. The van der Waals surface area contributed by atoms with Crippen LogP contribution in [0.5, 0.6) is 11.5 Å². The van der Waals surface area contributed by atoms with E-state index in [1.54, 1.807) is 11.3 Å². The molecule has 4 nitrogen and oxygen atoms in total. The van der Waals surface area contributed by atoms with Crippen molar-refractivity contribution < 1.29 is 9.47 Å². The van der Waals surface area contributed by atoms with E-state index in [1.807, 2.05) is 32.0 Å². The SMILES string of the molecule is CCOc1ccc(C(NN)c2ccc(C)s2)cc1OCC. The summed E-state index contributed by atoms with van der Waals surface area (Å²) >= 11 is 1.73. The molecule has 1 atom stereocenters. The van der Waals surface area contributed by atoms with Crippen molar-refractivity contribution in [1.29, 1.82) is 0 Å². The zero-order valence-corrected chi connectivity index (χ0v) is 13.5. The van der Waals surface area contributed by atoms with Crippen molar-refractivity contribution in [2.24, 2.45) is 5.84 Å². The number of thiophene rings is 1. The lowest BCUT2D eigenvalue weighted by atomic mass is 10.1. The molecule has 0 aliphatic rings. The number of nitrogens with two attached hydrogens (primary N) is 1. The Morgan fingerprint density at radius 1 is 1.10 bits per heavy atom. The average Bonchev–Trinajstić information content (AvgIpc) is 2.89. The molecule has 1 aromatic carbocycles. The third kappa shape index (κ3) is 3.75. The summed E-state index contributed by atoms with van der Waals surface area (Å²) in [6.07, 6.45) is 0.